The monoisotopic (exact) mass is 281 g/mol. The van der Waals surface area contributed by atoms with Crippen LogP contribution in [0.4, 0.5) is 5.69 Å². The van der Waals surface area contributed by atoms with Gasteiger partial charge in [0.25, 0.3) is 10.0 Å². The Morgan fingerprint density at radius 2 is 2.11 bits per heavy atom. The molecule has 2 aromatic rings. The Bertz CT molecular complexity index is 680. The van der Waals surface area contributed by atoms with Crippen LogP contribution >= 0.6 is 0 Å². The number of methoxy groups -OCH3 is 1. The normalized spacial score (nSPS) is 11.0. The zero-order valence-corrected chi connectivity index (χ0v) is 10.8. The molecule has 8 heteroatoms. The second-order valence-corrected chi connectivity index (χ2v) is 5.21. The summed E-state index contributed by atoms with van der Waals surface area (Å²) >= 11 is 0. The van der Waals surface area contributed by atoms with Gasteiger partial charge in [0.15, 0.2) is 5.03 Å². The molecule has 2 N–H and O–H groups in total. The number of sulfonamides is 1. The highest BCUT2D eigenvalue weighted by atomic mass is 32.2. The van der Waals surface area contributed by atoms with Crippen molar-refractivity contribution in [3.63, 3.8) is 0 Å². The Balaban J connectivity index is 2.37. The van der Waals surface area contributed by atoms with Gasteiger partial charge in [-0.05, 0) is 12.1 Å². The van der Waals surface area contributed by atoms with Gasteiger partial charge in [-0.2, -0.15) is 8.42 Å². The quantitative estimate of drug-likeness (QED) is 0.814. The lowest BCUT2D eigenvalue weighted by molar-refractivity contribution is 0.0602. The molecule has 0 spiro atoms. The van der Waals surface area contributed by atoms with Gasteiger partial charge < -0.3 is 9.72 Å². The highest BCUT2D eigenvalue weighted by molar-refractivity contribution is 7.92. The molecule has 0 radical (unpaired) electrons. The summed E-state index contributed by atoms with van der Waals surface area (Å²) in [7, 11) is -2.59. The maximum Gasteiger partial charge on any atom is 0.339 e. The van der Waals surface area contributed by atoms with Crippen LogP contribution in [0.15, 0.2) is 41.8 Å². The van der Waals surface area contributed by atoms with Crippen molar-refractivity contribution in [1.82, 2.24) is 9.97 Å². The molecule has 0 aliphatic carbocycles. The number of H-pyrrole nitrogens is 1. The lowest BCUT2D eigenvalue weighted by atomic mass is 10.2. The molecule has 0 fully saturated rings. The standard InChI is InChI=1S/C11H11N3O4S/c1-18-11(15)8-4-2-3-5-9(8)14-19(16,17)10-6-12-7-13-10/h2-7,14H,1H3,(H,12,13). The summed E-state index contributed by atoms with van der Waals surface area (Å²) in [6.07, 6.45) is 2.42. The lowest BCUT2D eigenvalue weighted by Gasteiger charge is -2.09. The average molecular weight is 281 g/mol. The molecule has 1 heterocycles. The van der Waals surface area contributed by atoms with E-state index in [1.54, 1.807) is 12.1 Å². The van der Waals surface area contributed by atoms with Crippen LogP contribution in [0.25, 0.3) is 0 Å². The number of aromatic nitrogens is 2. The smallest absolute Gasteiger partial charge is 0.339 e. The van der Waals surface area contributed by atoms with E-state index in [-0.39, 0.29) is 16.3 Å². The molecule has 0 bridgehead atoms. The second-order valence-electron chi connectivity index (χ2n) is 3.56. The minimum Gasteiger partial charge on any atom is -0.465 e. The molecule has 0 aliphatic rings. The Morgan fingerprint density at radius 3 is 2.74 bits per heavy atom. The number of aromatic amines is 1. The number of imidazole rings is 1. The Morgan fingerprint density at radius 1 is 1.37 bits per heavy atom. The van der Waals surface area contributed by atoms with Gasteiger partial charge in [0, 0.05) is 0 Å². The largest absolute Gasteiger partial charge is 0.465 e. The first-order chi connectivity index (χ1) is 9.04. The number of benzene rings is 1. The van der Waals surface area contributed by atoms with Gasteiger partial charge in [0.05, 0.1) is 30.9 Å². The first-order valence-corrected chi connectivity index (χ1v) is 6.71. The van der Waals surface area contributed by atoms with Gasteiger partial charge in [-0.25, -0.2) is 9.78 Å². The zero-order chi connectivity index (χ0) is 13.9. The minimum atomic E-state index is -3.81. The number of hydrogen-bond donors (Lipinski definition) is 2. The Hall–Kier alpha value is -2.35. The summed E-state index contributed by atoms with van der Waals surface area (Å²) in [5.74, 6) is -0.622. The van der Waals surface area contributed by atoms with Crippen LogP contribution in [-0.4, -0.2) is 31.5 Å². The van der Waals surface area contributed by atoms with Crippen LogP contribution in [0.1, 0.15) is 10.4 Å². The van der Waals surface area contributed by atoms with E-state index >= 15 is 0 Å². The second kappa shape index (κ2) is 5.11. The third-order valence-electron chi connectivity index (χ3n) is 2.34. The number of hydrogen-bond acceptors (Lipinski definition) is 5. The van der Waals surface area contributed by atoms with Gasteiger partial charge in [0.2, 0.25) is 0 Å². The van der Waals surface area contributed by atoms with Crippen molar-refractivity contribution in [3.8, 4) is 0 Å². The molecule has 0 unspecified atom stereocenters. The Kier molecular flexibility index (Phi) is 3.52. The molecule has 19 heavy (non-hydrogen) atoms. The van der Waals surface area contributed by atoms with Crippen molar-refractivity contribution < 1.29 is 17.9 Å². The van der Waals surface area contributed by atoms with Crippen molar-refractivity contribution in [1.29, 1.82) is 0 Å². The van der Waals surface area contributed by atoms with E-state index in [4.69, 9.17) is 0 Å². The number of para-hydroxylation sites is 1. The van der Waals surface area contributed by atoms with Crippen LogP contribution in [0.2, 0.25) is 0 Å². The third kappa shape index (κ3) is 2.74. The summed E-state index contributed by atoms with van der Waals surface area (Å²) in [6, 6.07) is 6.16. The van der Waals surface area contributed by atoms with Crippen LogP contribution in [0.3, 0.4) is 0 Å². The third-order valence-corrected chi connectivity index (χ3v) is 3.63. The predicted molar refractivity (Wildman–Crippen MR) is 67.2 cm³/mol. The predicted octanol–water partition coefficient (Wildman–Crippen LogP) is 0.997. The van der Waals surface area contributed by atoms with Gasteiger partial charge in [-0.1, -0.05) is 12.1 Å². The number of rotatable bonds is 4. The van der Waals surface area contributed by atoms with Crippen molar-refractivity contribution in [3.05, 3.63) is 42.4 Å². The Labute approximate surface area is 109 Å². The fraction of sp³-hybridized carbons (Fsp3) is 0.0909. The highest BCUT2D eigenvalue weighted by Crippen LogP contribution is 2.19. The highest BCUT2D eigenvalue weighted by Gasteiger charge is 2.19. The molecule has 0 saturated heterocycles. The molecule has 1 aromatic carbocycles. The fourth-order valence-corrected chi connectivity index (χ4v) is 2.43. The number of ether oxygens (including phenoxy) is 1. The number of carbonyl (C=O) groups is 1. The average Bonchev–Trinajstić information content (AvgIpc) is 2.93. The molecule has 0 aliphatic heterocycles. The molecule has 0 amide bonds. The van der Waals surface area contributed by atoms with Gasteiger partial charge >= 0.3 is 5.97 Å². The van der Waals surface area contributed by atoms with E-state index in [9.17, 15) is 13.2 Å². The van der Waals surface area contributed by atoms with Crippen LogP contribution in [0.5, 0.6) is 0 Å². The van der Waals surface area contributed by atoms with Crippen LogP contribution < -0.4 is 4.72 Å². The summed E-state index contributed by atoms with van der Waals surface area (Å²) in [5.41, 5.74) is 0.275. The molecule has 7 nitrogen and oxygen atoms in total. The number of nitrogens with zero attached hydrogens (tertiary/aromatic N) is 1. The lowest BCUT2D eigenvalue weighted by Crippen LogP contribution is -2.16. The molecule has 0 saturated carbocycles. The van der Waals surface area contributed by atoms with E-state index in [1.807, 2.05) is 0 Å². The van der Waals surface area contributed by atoms with E-state index in [0.29, 0.717) is 0 Å². The van der Waals surface area contributed by atoms with Gasteiger partial charge in [-0.15, -0.1) is 0 Å². The van der Waals surface area contributed by atoms with Gasteiger partial charge in [0.1, 0.15) is 0 Å². The number of carbonyl (C=O) groups excluding carboxylic acids is 1. The fourth-order valence-electron chi connectivity index (χ4n) is 1.45. The van der Waals surface area contributed by atoms with Crippen molar-refractivity contribution >= 4 is 21.7 Å². The van der Waals surface area contributed by atoms with Crippen molar-refractivity contribution in [2.75, 3.05) is 11.8 Å². The molecule has 1 aromatic heterocycles. The molecular weight excluding hydrogens is 270 g/mol. The van der Waals surface area contributed by atoms with Crippen molar-refractivity contribution in [2.45, 2.75) is 5.03 Å². The zero-order valence-electron chi connectivity index (χ0n) is 9.95. The summed E-state index contributed by atoms with van der Waals surface area (Å²) in [5, 5.41) is -0.0906. The minimum absolute atomic E-state index is 0.0906. The number of esters is 1. The molecular formula is C11H11N3O4S. The first-order valence-electron chi connectivity index (χ1n) is 5.23. The summed E-state index contributed by atoms with van der Waals surface area (Å²) < 4.78 is 30.9. The molecule has 2 rings (SSSR count). The van der Waals surface area contributed by atoms with Crippen LogP contribution in [-0.2, 0) is 14.8 Å². The number of nitrogens with one attached hydrogen (secondary N) is 2. The number of anilines is 1. The summed E-state index contributed by atoms with van der Waals surface area (Å²) in [6.45, 7) is 0. The van der Waals surface area contributed by atoms with Crippen molar-refractivity contribution in [2.24, 2.45) is 0 Å². The maximum absolute atomic E-state index is 12.0. The topological polar surface area (TPSA) is 101 Å². The maximum atomic E-state index is 12.0. The van der Waals surface area contributed by atoms with E-state index in [0.717, 1.165) is 0 Å². The van der Waals surface area contributed by atoms with Gasteiger partial charge in [-0.3, -0.25) is 4.72 Å². The van der Waals surface area contributed by atoms with E-state index in [2.05, 4.69) is 19.4 Å². The molecule has 100 valence electrons. The SMILES string of the molecule is COC(=O)c1ccccc1NS(=O)(=O)c1cnc[nH]1. The first kappa shape index (κ1) is 13.1. The van der Waals surface area contributed by atoms with E-state index < -0.39 is 16.0 Å². The van der Waals surface area contributed by atoms with E-state index in [1.165, 1.54) is 31.8 Å². The molecule has 0 atom stereocenters. The summed E-state index contributed by atoms with van der Waals surface area (Å²) in [4.78, 5) is 17.6. The van der Waals surface area contributed by atoms with Crippen LogP contribution in [0, 0.1) is 0 Å².